The normalized spacial score (nSPS) is 15.5. The van der Waals surface area contributed by atoms with Gasteiger partial charge in [0.25, 0.3) is 0 Å². The van der Waals surface area contributed by atoms with Gasteiger partial charge in [0.1, 0.15) is 5.75 Å². The van der Waals surface area contributed by atoms with E-state index in [0.717, 1.165) is 22.5 Å². The first-order chi connectivity index (χ1) is 13.1. The molecule has 5 heteroatoms. The number of anilines is 1. The number of nitrogens with zero attached hydrogens (tertiary/aromatic N) is 2. The minimum atomic E-state index is -0.143. The second-order valence-corrected chi connectivity index (χ2v) is 6.87. The van der Waals surface area contributed by atoms with E-state index in [0.29, 0.717) is 18.0 Å². The van der Waals surface area contributed by atoms with Gasteiger partial charge in [-0.05, 0) is 55.3 Å². The van der Waals surface area contributed by atoms with Crippen LogP contribution in [0.25, 0.3) is 5.69 Å². The molecule has 0 fully saturated rings. The Morgan fingerprint density at radius 3 is 2.78 bits per heavy atom. The van der Waals surface area contributed by atoms with E-state index in [1.165, 1.54) is 0 Å². The van der Waals surface area contributed by atoms with Crippen molar-refractivity contribution in [3.05, 3.63) is 77.6 Å². The van der Waals surface area contributed by atoms with Crippen LogP contribution < -0.4 is 10.1 Å². The Morgan fingerprint density at radius 1 is 1.15 bits per heavy atom. The van der Waals surface area contributed by atoms with Gasteiger partial charge in [-0.2, -0.15) is 0 Å². The number of nitrogens with one attached hydrogen (secondary N) is 1. The fourth-order valence-electron chi connectivity index (χ4n) is 3.67. The van der Waals surface area contributed by atoms with Gasteiger partial charge < -0.3 is 19.5 Å². The van der Waals surface area contributed by atoms with Gasteiger partial charge in [-0.3, -0.25) is 0 Å². The number of benzene rings is 2. The Kier molecular flexibility index (Phi) is 4.36. The molecule has 0 unspecified atom stereocenters. The molecule has 0 saturated carbocycles. The molecule has 27 heavy (non-hydrogen) atoms. The van der Waals surface area contributed by atoms with Crippen molar-refractivity contribution in [3.63, 3.8) is 0 Å². The van der Waals surface area contributed by atoms with E-state index in [1.807, 2.05) is 48.2 Å². The molecule has 4 rings (SSSR count). The summed E-state index contributed by atoms with van der Waals surface area (Å²) in [4.78, 5) is 15.1. The molecule has 5 nitrogen and oxygen atoms in total. The number of fused-ring (bicyclic) bond motifs is 3. The lowest BCUT2D eigenvalue weighted by Crippen LogP contribution is -2.36. The van der Waals surface area contributed by atoms with Crippen LogP contribution in [0.3, 0.4) is 0 Å². The van der Waals surface area contributed by atoms with Crippen molar-refractivity contribution in [3.8, 4) is 11.4 Å². The third-order valence-electron chi connectivity index (χ3n) is 5.13. The summed E-state index contributed by atoms with van der Waals surface area (Å²) in [5.74, 6) is 0.653. The first-order valence-corrected chi connectivity index (χ1v) is 9.06. The molecular weight excluding hydrogens is 338 g/mol. The second-order valence-electron chi connectivity index (χ2n) is 6.87. The quantitative estimate of drug-likeness (QED) is 0.705. The maximum Gasteiger partial charge on any atom is 0.322 e. The number of carbonyl (C=O) groups is 1. The molecule has 1 atom stereocenters. The first kappa shape index (κ1) is 17.2. The Hall–Kier alpha value is -3.21. The largest absolute Gasteiger partial charge is 0.495 e. The van der Waals surface area contributed by atoms with Crippen LogP contribution in [-0.2, 0) is 6.54 Å². The van der Waals surface area contributed by atoms with E-state index in [1.54, 1.807) is 7.11 Å². The van der Waals surface area contributed by atoms with Gasteiger partial charge in [0.2, 0.25) is 0 Å². The molecule has 1 N–H and O–H groups in total. The van der Waals surface area contributed by atoms with Gasteiger partial charge in [-0.15, -0.1) is 0 Å². The van der Waals surface area contributed by atoms with Crippen LogP contribution in [0, 0.1) is 6.92 Å². The van der Waals surface area contributed by atoms with Crippen molar-refractivity contribution in [2.24, 2.45) is 0 Å². The zero-order chi connectivity index (χ0) is 19.0. The van der Waals surface area contributed by atoms with E-state index in [9.17, 15) is 4.79 Å². The van der Waals surface area contributed by atoms with Gasteiger partial charge in [0.05, 0.1) is 31.1 Å². The molecule has 2 aromatic carbocycles. The van der Waals surface area contributed by atoms with Crippen molar-refractivity contribution in [1.82, 2.24) is 9.47 Å². The summed E-state index contributed by atoms with van der Waals surface area (Å²) in [7, 11) is 1.61. The number of urea groups is 1. The average molecular weight is 361 g/mol. The van der Waals surface area contributed by atoms with Gasteiger partial charge >= 0.3 is 6.03 Å². The summed E-state index contributed by atoms with van der Waals surface area (Å²) in [6, 6.07) is 17.9. The van der Waals surface area contributed by atoms with Gasteiger partial charge in [-0.25, -0.2) is 4.79 Å². The van der Waals surface area contributed by atoms with Crippen molar-refractivity contribution in [2.45, 2.75) is 26.4 Å². The smallest absolute Gasteiger partial charge is 0.322 e. The molecular formula is C22H23N3O2. The number of hydrogen-bond acceptors (Lipinski definition) is 2. The van der Waals surface area contributed by atoms with E-state index in [4.69, 9.17) is 4.74 Å². The second kappa shape index (κ2) is 6.83. The molecule has 1 aliphatic heterocycles. The molecule has 3 aromatic rings. The standard InChI is InChI=1S/C22H23N3O2/c1-15-10-11-21(27-3)18(13-15)23-22(26)25-14-17-7-4-5-8-20(17)24-12-6-9-19(24)16(25)2/h4-13,16H,14H2,1-3H3,(H,23,26)/t16-/m1/s1. The monoisotopic (exact) mass is 361 g/mol. The molecule has 0 radical (unpaired) electrons. The molecule has 138 valence electrons. The number of amides is 2. The predicted octanol–water partition coefficient (Wildman–Crippen LogP) is 4.90. The fourth-order valence-corrected chi connectivity index (χ4v) is 3.67. The highest BCUT2D eigenvalue weighted by Crippen LogP contribution is 2.33. The highest BCUT2D eigenvalue weighted by Gasteiger charge is 2.29. The van der Waals surface area contributed by atoms with Crippen LogP contribution in [0.2, 0.25) is 0 Å². The van der Waals surface area contributed by atoms with E-state index in [2.05, 4.69) is 41.2 Å². The Bertz CT molecular complexity index is 993. The summed E-state index contributed by atoms with van der Waals surface area (Å²) in [5.41, 5.74) is 5.07. The summed E-state index contributed by atoms with van der Waals surface area (Å²) in [6.07, 6.45) is 2.05. The minimum Gasteiger partial charge on any atom is -0.495 e. The SMILES string of the molecule is COc1ccc(C)cc1NC(=O)N1Cc2ccccc2-n2cccc2[C@H]1C. The van der Waals surface area contributed by atoms with Gasteiger partial charge in [-0.1, -0.05) is 24.3 Å². The maximum atomic E-state index is 13.2. The molecule has 0 aliphatic carbocycles. The summed E-state index contributed by atoms with van der Waals surface area (Å²) in [5, 5.41) is 3.04. The molecule has 0 saturated heterocycles. The molecule has 2 heterocycles. The van der Waals surface area contributed by atoms with E-state index < -0.39 is 0 Å². The van der Waals surface area contributed by atoms with Crippen molar-refractivity contribution < 1.29 is 9.53 Å². The van der Waals surface area contributed by atoms with Crippen LogP contribution in [0.4, 0.5) is 10.5 Å². The number of aromatic nitrogens is 1. The third-order valence-corrected chi connectivity index (χ3v) is 5.13. The van der Waals surface area contributed by atoms with Crippen LogP contribution in [-0.4, -0.2) is 22.6 Å². The average Bonchev–Trinajstić information content (AvgIpc) is 3.11. The van der Waals surface area contributed by atoms with Crippen molar-refractivity contribution >= 4 is 11.7 Å². The fraction of sp³-hybridized carbons (Fsp3) is 0.227. The lowest BCUT2D eigenvalue weighted by Gasteiger charge is -2.28. The van der Waals surface area contributed by atoms with Crippen LogP contribution >= 0.6 is 0 Å². The number of carbonyl (C=O) groups excluding carboxylic acids is 1. The summed E-state index contributed by atoms with van der Waals surface area (Å²) < 4.78 is 7.57. The van der Waals surface area contributed by atoms with Crippen LogP contribution in [0.15, 0.2) is 60.8 Å². The number of rotatable bonds is 2. The highest BCUT2D eigenvalue weighted by atomic mass is 16.5. The first-order valence-electron chi connectivity index (χ1n) is 9.06. The Balaban J connectivity index is 1.70. The number of hydrogen-bond donors (Lipinski definition) is 1. The zero-order valence-electron chi connectivity index (χ0n) is 15.8. The zero-order valence-corrected chi connectivity index (χ0v) is 15.8. The third kappa shape index (κ3) is 3.05. The maximum absolute atomic E-state index is 13.2. The highest BCUT2D eigenvalue weighted by molar-refractivity contribution is 5.91. The molecule has 0 bridgehead atoms. The van der Waals surface area contributed by atoms with E-state index in [-0.39, 0.29) is 12.1 Å². The van der Waals surface area contributed by atoms with Crippen LogP contribution in [0.5, 0.6) is 5.75 Å². The number of aryl methyl sites for hydroxylation is 1. The van der Waals surface area contributed by atoms with Crippen LogP contribution in [0.1, 0.15) is 29.8 Å². The topological polar surface area (TPSA) is 46.5 Å². The Morgan fingerprint density at radius 2 is 1.96 bits per heavy atom. The molecule has 0 spiro atoms. The molecule has 2 amide bonds. The Labute approximate surface area is 159 Å². The lowest BCUT2D eigenvalue weighted by atomic mass is 10.1. The lowest BCUT2D eigenvalue weighted by molar-refractivity contribution is 0.189. The molecule has 1 aliphatic rings. The van der Waals surface area contributed by atoms with Gasteiger partial charge in [0, 0.05) is 11.9 Å². The van der Waals surface area contributed by atoms with Gasteiger partial charge in [0.15, 0.2) is 0 Å². The van der Waals surface area contributed by atoms with Crippen molar-refractivity contribution in [1.29, 1.82) is 0 Å². The van der Waals surface area contributed by atoms with E-state index >= 15 is 0 Å². The number of para-hydroxylation sites is 1. The number of ether oxygens (including phenoxy) is 1. The summed E-state index contributed by atoms with van der Waals surface area (Å²) >= 11 is 0. The predicted molar refractivity (Wildman–Crippen MR) is 106 cm³/mol. The minimum absolute atomic E-state index is 0.0665. The number of methoxy groups -OCH3 is 1. The van der Waals surface area contributed by atoms with Crippen molar-refractivity contribution in [2.75, 3.05) is 12.4 Å². The summed E-state index contributed by atoms with van der Waals surface area (Å²) in [6.45, 7) is 4.59. The molecule has 1 aromatic heterocycles.